The van der Waals surface area contributed by atoms with E-state index in [1.807, 2.05) is 0 Å². The maximum Gasteiger partial charge on any atom is 0.416 e. The minimum atomic E-state index is -4.57. The summed E-state index contributed by atoms with van der Waals surface area (Å²) in [6.45, 7) is 1.46. The molecule has 0 bridgehead atoms. The number of alkyl halides is 3. The van der Waals surface area contributed by atoms with Gasteiger partial charge in [-0.25, -0.2) is 4.79 Å². The summed E-state index contributed by atoms with van der Waals surface area (Å²) in [5, 5.41) is 17.5. The zero-order valence-corrected chi connectivity index (χ0v) is 10.2. The first kappa shape index (κ1) is 14.8. The second-order valence-corrected chi connectivity index (χ2v) is 5.11. The molecule has 18 heavy (non-hydrogen) atoms. The average molecular weight is 280 g/mol. The van der Waals surface area contributed by atoms with E-state index in [0.717, 1.165) is 23.9 Å². The molecule has 0 aromatic heterocycles. The van der Waals surface area contributed by atoms with Crippen molar-refractivity contribution in [1.82, 2.24) is 0 Å². The van der Waals surface area contributed by atoms with Crippen LogP contribution in [0.1, 0.15) is 22.8 Å². The van der Waals surface area contributed by atoms with E-state index in [-0.39, 0.29) is 16.8 Å². The molecule has 0 aliphatic heterocycles. The molecule has 0 aliphatic rings. The zero-order valence-electron chi connectivity index (χ0n) is 9.36. The maximum atomic E-state index is 12.5. The number of aliphatic hydroxyl groups excluding tert-OH is 1. The van der Waals surface area contributed by atoms with Gasteiger partial charge in [-0.15, -0.1) is 11.8 Å². The predicted molar refractivity (Wildman–Crippen MR) is 60.8 cm³/mol. The van der Waals surface area contributed by atoms with Gasteiger partial charge in [0, 0.05) is 10.1 Å². The van der Waals surface area contributed by atoms with Crippen molar-refractivity contribution in [2.24, 2.45) is 0 Å². The molecule has 1 aromatic rings. The quantitative estimate of drug-likeness (QED) is 0.833. The van der Waals surface area contributed by atoms with Gasteiger partial charge in [0.25, 0.3) is 0 Å². The monoisotopic (exact) mass is 280 g/mol. The molecule has 0 saturated carbocycles. The zero-order chi connectivity index (χ0) is 13.9. The third-order valence-electron chi connectivity index (χ3n) is 2.12. The summed E-state index contributed by atoms with van der Waals surface area (Å²) in [6.07, 6.45) is -4.57. The van der Waals surface area contributed by atoms with Crippen LogP contribution in [0.25, 0.3) is 0 Å². The summed E-state index contributed by atoms with van der Waals surface area (Å²) in [5.74, 6) is -1.42. The third kappa shape index (κ3) is 3.64. The highest BCUT2D eigenvalue weighted by atomic mass is 32.2. The van der Waals surface area contributed by atoms with Crippen molar-refractivity contribution in [3.05, 3.63) is 29.3 Å². The number of benzene rings is 1. The summed E-state index contributed by atoms with van der Waals surface area (Å²) in [7, 11) is 0. The number of thioether (sulfide) groups is 1. The van der Waals surface area contributed by atoms with Gasteiger partial charge in [-0.2, -0.15) is 13.2 Å². The number of rotatable bonds is 4. The van der Waals surface area contributed by atoms with Gasteiger partial charge >= 0.3 is 12.1 Å². The van der Waals surface area contributed by atoms with Crippen molar-refractivity contribution in [3.63, 3.8) is 0 Å². The number of aromatic carboxylic acids is 1. The summed E-state index contributed by atoms with van der Waals surface area (Å²) in [5.41, 5.74) is -1.41. The van der Waals surface area contributed by atoms with E-state index < -0.39 is 23.3 Å². The van der Waals surface area contributed by atoms with Gasteiger partial charge in [0.1, 0.15) is 0 Å². The van der Waals surface area contributed by atoms with Crippen LogP contribution in [-0.2, 0) is 6.18 Å². The maximum absolute atomic E-state index is 12.5. The van der Waals surface area contributed by atoms with Gasteiger partial charge in [-0.3, -0.25) is 0 Å². The SMILES string of the molecule is CC(CO)Sc1ccc(C(F)(F)F)cc1C(=O)O. The normalized spacial score (nSPS) is 13.4. The Balaban J connectivity index is 3.17. The van der Waals surface area contributed by atoms with E-state index in [4.69, 9.17) is 10.2 Å². The summed E-state index contributed by atoms with van der Waals surface area (Å²) < 4.78 is 37.4. The van der Waals surface area contributed by atoms with Crippen LogP contribution in [0, 0.1) is 0 Å². The molecule has 0 heterocycles. The van der Waals surface area contributed by atoms with Gasteiger partial charge in [-0.05, 0) is 18.2 Å². The molecule has 1 aromatic carbocycles. The van der Waals surface area contributed by atoms with Gasteiger partial charge in [-0.1, -0.05) is 6.92 Å². The number of carbonyl (C=O) groups is 1. The van der Waals surface area contributed by atoms with Crippen molar-refractivity contribution < 1.29 is 28.2 Å². The molecule has 1 atom stereocenters. The number of carboxylic acids is 1. The lowest BCUT2D eigenvalue weighted by atomic mass is 10.1. The standard InChI is InChI=1S/C11H11F3O3S/c1-6(5-15)18-9-3-2-7(11(12,13)14)4-8(9)10(16)17/h2-4,6,15H,5H2,1H3,(H,16,17). The molecule has 100 valence electrons. The van der Waals surface area contributed by atoms with Crippen molar-refractivity contribution in [2.45, 2.75) is 23.2 Å². The van der Waals surface area contributed by atoms with E-state index >= 15 is 0 Å². The lowest BCUT2D eigenvalue weighted by Gasteiger charge is -2.13. The Morgan fingerprint density at radius 3 is 2.50 bits per heavy atom. The van der Waals surface area contributed by atoms with Crippen molar-refractivity contribution in [2.75, 3.05) is 6.61 Å². The molecule has 7 heteroatoms. The highest BCUT2D eigenvalue weighted by molar-refractivity contribution is 8.00. The summed E-state index contributed by atoms with van der Waals surface area (Å²) >= 11 is 1.02. The fraction of sp³-hybridized carbons (Fsp3) is 0.364. The van der Waals surface area contributed by atoms with Crippen molar-refractivity contribution in [1.29, 1.82) is 0 Å². The number of hydrogen-bond acceptors (Lipinski definition) is 3. The van der Waals surface area contributed by atoms with Gasteiger partial charge in [0.05, 0.1) is 17.7 Å². The Morgan fingerprint density at radius 2 is 2.06 bits per heavy atom. The van der Waals surface area contributed by atoms with Crippen LogP contribution >= 0.6 is 11.8 Å². The predicted octanol–water partition coefficient (Wildman–Crippen LogP) is 2.88. The van der Waals surface area contributed by atoms with E-state index in [1.54, 1.807) is 6.92 Å². The molecule has 0 fully saturated rings. The molecular weight excluding hydrogens is 269 g/mol. The molecular formula is C11H11F3O3S. The molecule has 2 N–H and O–H groups in total. The number of carboxylic acid groups (broad SMARTS) is 1. The number of halogens is 3. The summed E-state index contributed by atoms with van der Waals surface area (Å²) in [4.78, 5) is 11.1. The highest BCUT2D eigenvalue weighted by Gasteiger charge is 2.31. The van der Waals surface area contributed by atoms with Crippen LogP contribution in [-0.4, -0.2) is 28.0 Å². The van der Waals surface area contributed by atoms with Crippen molar-refractivity contribution in [3.8, 4) is 0 Å². The van der Waals surface area contributed by atoms with Gasteiger partial charge in [0.2, 0.25) is 0 Å². The lowest BCUT2D eigenvalue weighted by molar-refractivity contribution is -0.137. The Labute approximate surface area is 106 Å². The van der Waals surface area contributed by atoms with Gasteiger partial charge < -0.3 is 10.2 Å². The number of aliphatic hydroxyl groups is 1. The second-order valence-electron chi connectivity index (χ2n) is 3.62. The molecule has 0 aliphatic carbocycles. The first-order chi connectivity index (χ1) is 8.25. The fourth-order valence-corrected chi connectivity index (χ4v) is 2.16. The second kappa shape index (κ2) is 5.62. The molecule has 0 saturated heterocycles. The lowest BCUT2D eigenvalue weighted by Crippen LogP contribution is -2.10. The van der Waals surface area contributed by atoms with Crippen molar-refractivity contribution >= 4 is 17.7 Å². The van der Waals surface area contributed by atoms with Gasteiger partial charge in [0.15, 0.2) is 0 Å². The number of hydrogen-bond donors (Lipinski definition) is 2. The Hall–Kier alpha value is -1.21. The molecule has 1 unspecified atom stereocenters. The Bertz CT molecular complexity index is 446. The Kier molecular flexibility index (Phi) is 4.64. The molecule has 0 radical (unpaired) electrons. The van der Waals surface area contributed by atoms with E-state index in [0.29, 0.717) is 6.07 Å². The highest BCUT2D eigenvalue weighted by Crippen LogP contribution is 2.34. The molecule has 1 rings (SSSR count). The average Bonchev–Trinajstić information content (AvgIpc) is 2.27. The van der Waals surface area contributed by atoms with E-state index in [1.165, 1.54) is 0 Å². The largest absolute Gasteiger partial charge is 0.478 e. The van der Waals surface area contributed by atoms with Crippen LogP contribution in [0.15, 0.2) is 23.1 Å². The first-order valence-electron chi connectivity index (χ1n) is 4.97. The van der Waals surface area contributed by atoms with Crippen LogP contribution in [0.4, 0.5) is 13.2 Å². The van der Waals surface area contributed by atoms with Crippen LogP contribution < -0.4 is 0 Å². The van der Waals surface area contributed by atoms with Crippen LogP contribution in [0.5, 0.6) is 0 Å². The minimum Gasteiger partial charge on any atom is -0.478 e. The Morgan fingerprint density at radius 1 is 1.44 bits per heavy atom. The minimum absolute atomic E-state index is 0.190. The molecule has 0 spiro atoms. The molecule has 0 amide bonds. The molecule has 3 nitrogen and oxygen atoms in total. The topological polar surface area (TPSA) is 57.5 Å². The van der Waals surface area contributed by atoms with Crippen LogP contribution in [0.2, 0.25) is 0 Å². The van der Waals surface area contributed by atoms with Crippen LogP contribution in [0.3, 0.4) is 0 Å². The summed E-state index contributed by atoms with van der Waals surface area (Å²) in [6, 6.07) is 2.55. The smallest absolute Gasteiger partial charge is 0.416 e. The van der Waals surface area contributed by atoms with E-state index in [2.05, 4.69) is 0 Å². The fourth-order valence-electron chi connectivity index (χ4n) is 1.23. The first-order valence-corrected chi connectivity index (χ1v) is 5.85. The third-order valence-corrected chi connectivity index (χ3v) is 3.28. The van der Waals surface area contributed by atoms with E-state index in [9.17, 15) is 18.0 Å².